The number of quaternary nitrogens is 1. The SMILES string of the molecule is CC[N+]12ON(C(=O)N(O)C1=O)C2=O. The van der Waals surface area contributed by atoms with Crippen LogP contribution in [0.2, 0.25) is 0 Å². The van der Waals surface area contributed by atoms with Gasteiger partial charge in [-0.05, 0) is 16.9 Å². The number of urea groups is 3. The molecular formula is C5H6N3O5+. The fraction of sp³-hybridized carbons (Fsp3) is 0.400. The average molecular weight is 188 g/mol. The minimum absolute atomic E-state index is 0.0263. The lowest BCUT2D eigenvalue weighted by Gasteiger charge is -2.44. The summed E-state index contributed by atoms with van der Waals surface area (Å²) in [6.45, 7) is 1.55. The highest BCUT2D eigenvalue weighted by atomic mass is 17.0. The lowest BCUT2D eigenvalue weighted by Crippen LogP contribution is -2.82. The van der Waals surface area contributed by atoms with Crippen molar-refractivity contribution >= 4 is 18.1 Å². The van der Waals surface area contributed by atoms with E-state index >= 15 is 0 Å². The van der Waals surface area contributed by atoms with E-state index in [1.54, 1.807) is 0 Å². The summed E-state index contributed by atoms with van der Waals surface area (Å²) in [5.74, 6) is 0. The van der Waals surface area contributed by atoms with Crippen molar-refractivity contribution in [2.45, 2.75) is 6.92 Å². The number of fused-ring (bicyclic) bond motifs is 2. The zero-order valence-corrected chi connectivity index (χ0v) is 6.63. The van der Waals surface area contributed by atoms with Gasteiger partial charge < -0.3 is 0 Å². The van der Waals surface area contributed by atoms with Crippen LogP contribution in [0.5, 0.6) is 0 Å². The standard InChI is InChI=1S/C5H6N3O5/c1-2-8-4(10)6(12)3(9)7(13-8)5(8)11/h12H,2H2,1H3/q+1. The van der Waals surface area contributed by atoms with Crippen LogP contribution in [-0.2, 0) is 4.94 Å². The first kappa shape index (κ1) is 8.10. The van der Waals surface area contributed by atoms with E-state index in [2.05, 4.69) is 4.94 Å². The Hall–Kier alpha value is -1.51. The summed E-state index contributed by atoms with van der Waals surface area (Å²) in [6.07, 6.45) is 0. The van der Waals surface area contributed by atoms with Gasteiger partial charge in [-0.3, -0.25) is 5.21 Å². The summed E-state index contributed by atoms with van der Waals surface area (Å²) in [5, 5.41) is 9.11. The molecule has 0 radical (unpaired) electrons. The summed E-state index contributed by atoms with van der Waals surface area (Å²) < 4.78 is -0.984. The number of carbonyl (C=O) groups excluding carboxylic acids is 3. The Morgan fingerprint density at radius 3 is 2.46 bits per heavy atom. The first-order valence-electron chi connectivity index (χ1n) is 3.54. The molecule has 13 heavy (non-hydrogen) atoms. The number of rotatable bonds is 1. The fourth-order valence-corrected chi connectivity index (χ4v) is 1.21. The molecule has 0 aliphatic carbocycles. The molecule has 1 atom stereocenters. The first-order valence-corrected chi connectivity index (χ1v) is 3.54. The van der Waals surface area contributed by atoms with E-state index in [1.807, 2.05) is 0 Å². The molecule has 3 heterocycles. The van der Waals surface area contributed by atoms with Crippen molar-refractivity contribution in [3.05, 3.63) is 0 Å². The van der Waals surface area contributed by atoms with Crippen molar-refractivity contribution in [2.24, 2.45) is 0 Å². The average Bonchev–Trinajstić information content (AvgIpc) is 2.13. The second kappa shape index (κ2) is 2.05. The largest absolute Gasteiger partial charge is 0.500 e. The lowest BCUT2D eigenvalue weighted by molar-refractivity contribution is -1.06. The van der Waals surface area contributed by atoms with Crippen molar-refractivity contribution in [1.29, 1.82) is 0 Å². The Labute approximate surface area is 71.9 Å². The third kappa shape index (κ3) is 0.636. The number of hydroxylamine groups is 7. The molecule has 0 aromatic rings. The minimum Gasteiger partial charge on any atom is -0.273 e. The van der Waals surface area contributed by atoms with Gasteiger partial charge in [0.1, 0.15) is 6.54 Å². The van der Waals surface area contributed by atoms with E-state index < -0.39 is 22.7 Å². The predicted octanol–water partition coefficient (Wildman–Crippen LogP) is 0.0501. The van der Waals surface area contributed by atoms with Crippen LogP contribution in [0.25, 0.3) is 0 Å². The molecule has 8 nitrogen and oxygen atoms in total. The highest BCUT2D eigenvalue weighted by Gasteiger charge is 2.73. The van der Waals surface area contributed by atoms with Crippen LogP contribution in [0.3, 0.4) is 0 Å². The molecule has 70 valence electrons. The Morgan fingerprint density at radius 2 is 2.00 bits per heavy atom. The zero-order chi connectivity index (χ0) is 9.80. The highest BCUT2D eigenvalue weighted by molar-refractivity contribution is 6.05. The summed E-state index contributed by atoms with van der Waals surface area (Å²) in [4.78, 5) is 37.9. The first-order chi connectivity index (χ1) is 6.04. The van der Waals surface area contributed by atoms with Gasteiger partial charge in [-0.15, -0.1) is 0 Å². The van der Waals surface area contributed by atoms with Crippen LogP contribution < -0.4 is 0 Å². The van der Waals surface area contributed by atoms with E-state index in [-0.39, 0.29) is 11.6 Å². The number of imide groups is 3. The van der Waals surface area contributed by atoms with E-state index in [0.29, 0.717) is 5.06 Å². The van der Waals surface area contributed by atoms with Crippen LogP contribution in [0.1, 0.15) is 6.92 Å². The molecule has 3 rings (SSSR count). The molecule has 0 saturated carbocycles. The molecule has 8 heteroatoms. The molecule has 0 aromatic heterocycles. The molecule has 1 N–H and O–H groups in total. The molecule has 3 saturated heterocycles. The second-order valence-corrected chi connectivity index (χ2v) is 2.59. The van der Waals surface area contributed by atoms with Gasteiger partial charge in [-0.25, -0.2) is 4.79 Å². The molecule has 1 unspecified atom stereocenters. The van der Waals surface area contributed by atoms with Gasteiger partial charge in [0.15, 0.2) is 0 Å². The second-order valence-electron chi connectivity index (χ2n) is 2.59. The maximum Gasteiger partial charge on any atom is 0.500 e. The number of nitrogens with zero attached hydrogens (tertiary/aromatic N) is 3. The summed E-state index contributed by atoms with van der Waals surface area (Å²) >= 11 is 0. The minimum atomic E-state index is -1.18. The van der Waals surface area contributed by atoms with Gasteiger partial charge in [-0.2, -0.15) is 9.59 Å². The Morgan fingerprint density at radius 1 is 1.38 bits per heavy atom. The van der Waals surface area contributed by atoms with Gasteiger partial charge >= 0.3 is 18.1 Å². The van der Waals surface area contributed by atoms with Gasteiger partial charge in [0.25, 0.3) is 0 Å². The lowest BCUT2D eigenvalue weighted by atomic mass is 10.5. The van der Waals surface area contributed by atoms with E-state index in [9.17, 15) is 14.4 Å². The number of hydrogen-bond acceptors (Lipinski definition) is 5. The fourth-order valence-electron chi connectivity index (χ4n) is 1.21. The predicted molar refractivity (Wildman–Crippen MR) is 33.5 cm³/mol. The Kier molecular flexibility index (Phi) is 1.28. The summed E-state index contributed by atoms with van der Waals surface area (Å²) in [6, 6.07) is -3.04. The third-order valence-electron chi connectivity index (χ3n) is 1.99. The molecule has 2 bridgehead atoms. The van der Waals surface area contributed by atoms with Gasteiger partial charge in [0.05, 0.1) is 0 Å². The van der Waals surface area contributed by atoms with Crippen LogP contribution >= 0.6 is 0 Å². The Bertz CT molecular complexity index is 324. The van der Waals surface area contributed by atoms with Crippen molar-refractivity contribution in [3.8, 4) is 0 Å². The summed E-state index contributed by atoms with van der Waals surface area (Å²) in [7, 11) is 0. The van der Waals surface area contributed by atoms with Gasteiger partial charge in [0.2, 0.25) is 0 Å². The smallest absolute Gasteiger partial charge is 0.273 e. The highest BCUT2D eigenvalue weighted by Crippen LogP contribution is 2.33. The molecule has 0 spiro atoms. The van der Waals surface area contributed by atoms with Crippen molar-refractivity contribution in [1.82, 2.24) is 10.1 Å². The van der Waals surface area contributed by atoms with Crippen molar-refractivity contribution < 1.29 is 29.2 Å². The Balaban J connectivity index is 2.42. The van der Waals surface area contributed by atoms with Crippen LogP contribution in [0.15, 0.2) is 0 Å². The maximum absolute atomic E-state index is 11.2. The number of hydrogen-bond donors (Lipinski definition) is 1. The maximum atomic E-state index is 11.2. The quantitative estimate of drug-likeness (QED) is 0.464. The van der Waals surface area contributed by atoms with E-state index in [1.165, 1.54) is 6.92 Å². The molecule has 6 amide bonds. The van der Waals surface area contributed by atoms with Crippen LogP contribution in [0.4, 0.5) is 14.4 Å². The van der Waals surface area contributed by atoms with Gasteiger partial charge in [-0.1, -0.05) is 5.06 Å². The topological polar surface area (TPSA) is 87.2 Å². The normalized spacial score (nSPS) is 32.3. The van der Waals surface area contributed by atoms with Crippen molar-refractivity contribution in [2.75, 3.05) is 6.54 Å². The monoisotopic (exact) mass is 188 g/mol. The van der Waals surface area contributed by atoms with Crippen LogP contribution in [-0.4, -0.2) is 44.6 Å². The third-order valence-corrected chi connectivity index (χ3v) is 1.99. The molecule has 3 fully saturated rings. The molecular weight excluding hydrogens is 182 g/mol. The van der Waals surface area contributed by atoms with Gasteiger partial charge in [0, 0.05) is 4.65 Å². The number of carbonyl (C=O) groups is 3. The van der Waals surface area contributed by atoms with E-state index in [0.717, 1.165) is 0 Å². The molecule has 3 aliphatic heterocycles. The van der Waals surface area contributed by atoms with Crippen LogP contribution in [0, 0.1) is 0 Å². The molecule has 0 aromatic carbocycles. The van der Waals surface area contributed by atoms with E-state index in [4.69, 9.17) is 5.21 Å². The molecule has 3 aliphatic rings. The van der Waals surface area contributed by atoms with Crippen molar-refractivity contribution in [3.63, 3.8) is 0 Å². The zero-order valence-electron chi connectivity index (χ0n) is 6.63. The number of amides is 6. The summed E-state index contributed by atoms with van der Waals surface area (Å²) in [5.41, 5.74) is 0.